The Balaban J connectivity index is 2.38. The van der Waals surface area contributed by atoms with Gasteiger partial charge in [-0.15, -0.1) is 0 Å². The number of rotatable bonds is 3. The van der Waals surface area contributed by atoms with E-state index >= 15 is 0 Å². The summed E-state index contributed by atoms with van der Waals surface area (Å²) in [5, 5.41) is 8.75. The van der Waals surface area contributed by atoms with Crippen molar-refractivity contribution in [2.45, 2.75) is 26.2 Å². The molecule has 1 aliphatic rings. The number of aryl methyl sites for hydroxylation is 1. The van der Waals surface area contributed by atoms with E-state index in [-0.39, 0.29) is 0 Å². The van der Waals surface area contributed by atoms with Crippen LogP contribution in [0.4, 0.5) is 0 Å². The van der Waals surface area contributed by atoms with Gasteiger partial charge in [0, 0.05) is 11.6 Å². The molecule has 0 bridgehead atoms. The van der Waals surface area contributed by atoms with Gasteiger partial charge in [-0.3, -0.25) is 0 Å². The first kappa shape index (κ1) is 10.8. The van der Waals surface area contributed by atoms with Crippen molar-refractivity contribution in [3.8, 4) is 11.8 Å². The standard InChI is InChI=1S/C14H15NO/c1-2-10-16-13-5-3-4-11-6-7-12(8-9-15)14(11)13/h3-5,8H,2,6-7,10H2,1H3/b12-8+. The summed E-state index contributed by atoms with van der Waals surface area (Å²) in [4.78, 5) is 0. The topological polar surface area (TPSA) is 33.0 Å². The van der Waals surface area contributed by atoms with E-state index < -0.39 is 0 Å². The van der Waals surface area contributed by atoms with E-state index in [4.69, 9.17) is 10.00 Å². The van der Waals surface area contributed by atoms with Gasteiger partial charge in [-0.2, -0.15) is 5.26 Å². The molecule has 0 aromatic heterocycles. The second-order valence-corrected chi connectivity index (χ2v) is 3.94. The Labute approximate surface area is 96.2 Å². The quantitative estimate of drug-likeness (QED) is 0.721. The Kier molecular flexibility index (Phi) is 3.26. The Morgan fingerprint density at radius 3 is 3.06 bits per heavy atom. The number of nitrogens with zero attached hydrogens (tertiary/aromatic N) is 1. The van der Waals surface area contributed by atoms with Crippen LogP contribution in [0, 0.1) is 11.3 Å². The molecule has 0 aliphatic heterocycles. The van der Waals surface area contributed by atoms with Crippen molar-refractivity contribution in [3.63, 3.8) is 0 Å². The molecule has 0 atom stereocenters. The lowest BCUT2D eigenvalue weighted by Crippen LogP contribution is -1.98. The van der Waals surface area contributed by atoms with E-state index in [0.717, 1.165) is 42.8 Å². The zero-order valence-electron chi connectivity index (χ0n) is 9.49. The lowest BCUT2D eigenvalue weighted by Gasteiger charge is -2.10. The molecule has 0 spiro atoms. The summed E-state index contributed by atoms with van der Waals surface area (Å²) in [5.41, 5.74) is 3.57. The zero-order valence-corrected chi connectivity index (χ0v) is 9.49. The van der Waals surface area contributed by atoms with Gasteiger partial charge in [0.1, 0.15) is 5.75 Å². The fourth-order valence-corrected chi connectivity index (χ4v) is 2.10. The van der Waals surface area contributed by atoms with Crippen LogP contribution < -0.4 is 4.74 Å². The molecule has 1 aromatic carbocycles. The van der Waals surface area contributed by atoms with Crippen LogP contribution in [-0.2, 0) is 6.42 Å². The molecule has 2 rings (SSSR count). The van der Waals surface area contributed by atoms with Gasteiger partial charge in [0.15, 0.2) is 0 Å². The molecular weight excluding hydrogens is 198 g/mol. The second-order valence-electron chi connectivity index (χ2n) is 3.94. The number of allylic oxidation sites excluding steroid dienone is 2. The summed E-state index contributed by atoms with van der Waals surface area (Å²) in [6.07, 6.45) is 4.62. The summed E-state index contributed by atoms with van der Waals surface area (Å²) in [6.45, 7) is 2.82. The monoisotopic (exact) mass is 213 g/mol. The van der Waals surface area contributed by atoms with Crippen molar-refractivity contribution in [2.24, 2.45) is 0 Å². The lowest BCUT2D eigenvalue weighted by molar-refractivity contribution is 0.316. The number of ether oxygens (including phenoxy) is 1. The first-order chi connectivity index (χ1) is 7.86. The maximum absolute atomic E-state index is 8.75. The van der Waals surface area contributed by atoms with E-state index in [2.05, 4.69) is 19.1 Å². The lowest BCUT2D eigenvalue weighted by atomic mass is 10.1. The minimum atomic E-state index is 0.732. The molecule has 16 heavy (non-hydrogen) atoms. The molecule has 0 radical (unpaired) electrons. The Hall–Kier alpha value is -1.75. The van der Waals surface area contributed by atoms with Crippen LogP contribution in [0.3, 0.4) is 0 Å². The smallest absolute Gasteiger partial charge is 0.127 e. The van der Waals surface area contributed by atoms with Crippen LogP contribution in [0.15, 0.2) is 24.3 Å². The molecule has 0 fully saturated rings. The summed E-state index contributed by atoms with van der Waals surface area (Å²) in [5.74, 6) is 0.929. The van der Waals surface area contributed by atoms with Crippen molar-refractivity contribution < 1.29 is 4.74 Å². The highest BCUT2D eigenvalue weighted by Gasteiger charge is 2.20. The van der Waals surface area contributed by atoms with Gasteiger partial charge in [-0.25, -0.2) is 0 Å². The Bertz CT molecular complexity index is 454. The normalized spacial score (nSPS) is 15.9. The van der Waals surface area contributed by atoms with E-state index in [1.165, 1.54) is 5.56 Å². The zero-order chi connectivity index (χ0) is 11.4. The number of hydrogen-bond donors (Lipinski definition) is 0. The molecule has 2 heteroatoms. The molecule has 0 unspecified atom stereocenters. The van der Waals surface area contributed by atoms with E-state index in [9.17, 15) is 0 Å². The van der Waals surface area contributed by atoms with Crippen molar-refractivity contribution >= 4 is 5.57 Å². The molecule has 0 amide bonds. The van der Waals surface area contributed by atoms with E-state index in [1.807, 2.05) is 12.1 Å². The van der Waals surface area contributed by atoms with Gasteiger partial charge < -0.3 is 4.74 Å². The van der Waals surface area contributed by atoms with Crippen molar-refractivity contribution in [1.29, 1.82) is 5.26 Å². The highest BCUT2D eigenvalue weighted by Crippen LogP contribution is 2.38. The van der Waals surface area contributed by atoms with Crippen molar-refractivity contribution in [2.75, 3.05) is 6.61 Å². The Morgan fingerprint density at radius 1 is 1.44 bits per heavy atom. The van der Waals surface area contributed by atoms with Crippen LogP contribution in [0.5, 0.6) is 5.75 Å². The van der Waals surface area contributed by atoms with Crippen LogP contribution in [0.2, 0.25) is 0 Å². The number of benzene rings is 1. The predicted molar refractivity (Wildman–Crippen MR) is 64.1 cm³/mol. The number of hydrogen-bond acceptors (Lipinski definition) is 2. The molecule has 82 valence electrons. The molecule has 0 heterocycles. The van der Waals surface area contributed by atoms with Gasteiger partial charge in [-0.1, -0.05) is 19.1 Å². The van der Waals surface area contributed by atoms with Crippen LogP contribution in [0.1, 0.15) is 30.9 Å². The molecule has 1 aliphatic carbocycles. The number of fused-ring (bicyclic) bond motifs is 1. The Morgan fingerprint density at radius 2 is 2.31 bits per heavy atom. The van der Waals surface area contributed by atoms with Crippen LogP contribution in [0.25, 0.3) is 5.57 Å². The summed E-state index contributed by atoms with van der Waals surface area (Å²) in [7, 11) is 0. The fraction of sp³-hybridized carbons (Fsp3) is 0.357. The first-order valence-electron chi connectivity index (χ1n) is 5.70. The molecule has 0 N–H and O–H groups in total. The van der Waals surface area contributed by atoms with E-state index in [1.54, 1.807) is 6.08 Å². The average molecular weight is 213 g/mol. The van der Waals surface area contributed by atoms with Gasteiger partial charge >= 0.3 is 0 Å². The molecule has 2 nitrogen and oxygen atoms in total. The van der Waals surface area contributed by atoms with Gasteiger partial charge in [0.05, 0.1) is 12.7 Å². The minimum Gasteiger partial charge on any atom is -0.493 e. The SMILES string of the molecule is CCCOc1cccc2c1/C(=C/C#N)CC2. The fourth-order valence-electron chi connectivity index (χ4n) is 2.10. The summed E-state index contributed by atoms with van der Waals surface area (Å²) in [6, 6.07) is 8.25. The average Bonchev–Trinajstić information content (AvgIpc) is 2.71. The molecule has 0 saturated carbocycles. The largest absolute Gasteiger partial charge is 0.493 e. The minimum absolute atomic E-state index is 0.732. The third-order valence-corrected chi connectivity index (χ3v) is 2.80. The summed E-state index contributed by atoms with van der Waals surface area (Å²) >= 11 is 0. The van der Waals surface area contributed by atoms with Crippen molar-refractivity contribution in [1.82, 2.24) is 0 Å². The van der Waals surface area contributed by atoms with E-state index in [0.29, 0.717) is 0 Å². The van der Waals surface area contributed by atoms with Crippen LogP contribution >= 0.6 is 0 Å². The van der Waals surface area contributed by atoms with Gasteiger partial charge in [0.2, 0.25) is 0 Å². The predicted octanol–water partition coefficient (Wildman–Crippen LogP) is 3.33. The van der Waals surface area contributed by atoms with Crippen molar-refractivity contribution in [3.05, 3.63) is 35.4 Å². The third kappa shape index (κ3) is 1.94. The van der Waals surface area contributed by atoms with Crippen LogP contribution in [-0.4, -0.2) is 6.61 Å². The molecule has 1 aromatic rings. The highest BCUT2D eigenvalue weighted by atomic mass is 16.5. The second kappa shape index (κ2) is 4.85. The maximum Gasteiger partial charge on any atom is 0.127 e. The number of nitriles is 1. The molecular formula is C14H15NO. The first-order valence-corrected chi connectivity index (χ1v) is 5.70. The van der Waals surface area contributed by atoms with Gasteiger partial charge in [0.25, 0.3) is 0 Å². The molecule has 0 saturated heterocycles. The third-order valence-electron chi connectivity index (χ3n) is 2.80. The highest BCUT2D eigenvalue weighted by molar-refractivity contribution is 5.78. The van der Waals surface area contributed by atoms with Gasteiger partial charge in [-0.05, 0) is 36.5 Å². The maximum atomic E-state index is 8.75. The summed E-state index contributed by atoms with van der Waals surface area (Å²) < 4.78 is 5.72.